The Morgan fingerprint density at radius 2 is 2.12 bits per heavy atom. The Morgan fingerprint density at radius 3 is 2.76 bits per heavy atom. The number of rotatable bonds is 2. The summed E-state index contributed by atoms with van der Waals surface area (Å²) in [6.07, 6.45) is 0.505. The molecule has 1 aromatic carbocycles. The minimum Gasteiger partial charge on any atom is -0.506 e. The van der Waals surface area contributed by atoms with Gasteiger partial charge in [0.2, 0.25) is 0 Å². The van der Waals surface area contributed by atoms with E-state index < -0.39 is 12.1 Å². The van der Waals surface area contributed by atoms with E-state index in [-0.39, 0.29) is 11.7 Å². The van der Waals surface area contributed by atoms with Gasteiger partial charge in [-0.1, -0.05) is 13.0 Å². The highest BCUT2D eigenvalue weighted by Gasteiger charge is 2.39. The molecule has 17 heavy (non-hydrogen) atoms. The molecule has 1 aliphatic rings. The highest BCUT2D eigenvalue weighted by atomic mass is 16.3. The van der Waals surface area contributed by atoms with E-state index in [1.165, 1.54) is 11.0 Å². The summed E-state index contributed by atoms with van der Waals surface area (Å²) in [5.74, 6) is -0.322. The average molecular weight is 234 g/mol. The second-order valence-corrected chi connectivity index (χ2v) is 4.08. The highest BCUT2D eigenvalue weighted by molar-refractivity contribution is 6.14. The number of carbonyl (C=O) groups excluding carboxylic acids is 2. The molecule has 1 unspecified atom stereocenters. The highest BCUT2D eigenvalue weighted by Crippen LogP contribution is 2.32. The molecule has 1 fully saturated rings. The van der Waals surface area contributed by atoms with E-state index in [9.17, 15) is 14.7 Å². The minimum atomic E-state index is -0.546. The average Bonchev–Trinajstić information content (AvgIpc) is 2.56. The first kappa shape index (κ1) is 11.4. The van der Waals surface area contributed by atoms with Crippen molar-refractivity contribution in [2.45, 2.75) is 26.3 Å². The van der Waals surface area contributed by atoms with Crippen LogP contribution in [0.5, 0.6) is 5.75 Å². The first-order chi connectivity index (χ1) is 8.04. The molecule has 5 heteroatoms. The molecule has 90 valence electrons. The molecule has 5 nitrogen and oxygen atoms in total. The second kappa shape index (κ2) is 4.08. The van der Waals surface area contributed by atoms with Gasteiger partial charge in [-0.2, -0.15) is 0 Å². The number of urea groups is 1. The Balaban J connectivity index is 2.47. The topological polar surface area (TPSA) is 69.6 Å². The summed E-state index contributed by atoms with van der Waals surface area (Å²) in [5.41, 5.74) is 1.29. The van der Waals surface area contributed by atoms with Gasteiger partial charge in [-0.3, -0.25) is 15.0 Å². The van der Waals surface area contributed by atoms with Gasteiger partial charge in [-0.05, 0) is 31.0 Å². The number of nitrogens with one attached hydrogen (secondary N) is 1. The number of hydrogen-bond acceptors (Lipinski definition) is 3. The Labute approximate surface area is 99.0 Å². The molecule has 1 aliphatic heterocycles. The monoisotopic (exact) mass is 234 g/mol. The molecule has 1 saturated heterocycles. The van der Waals surface area contributed by atoms with Gasteiger partial charge in [0.1, 0.15) is 11.8 Å². The van der Waals surface area contributed by atoms with Gasteiger partial charge in [-0.25, -0.2) is 4.79 Å². The maximum Gasteiger partial charge on any atom is 0.329 e. The lowest BCUT2D eigenvalue weighted by atomic mass is 10.1. The van der Waals surface area contributed by atoms with Crippen molar-refractivity contribution >= 4 is 17.6 Å². The predicted octanol–water partition coefficient (Wildman–Crippen LogP) is 1.54. The molecule has 1 aromatic rings. The van der Waals surface area contributed by atoms with Crippen molar-refractivity contribution in [2.24, 2.45) is 0 Å². The Kier molecular flexibility index (Phi) is 2.75. The van der Waals surface area contributed by atoms with Crippen LogP contribution in [0.1, 0.15) is 18.9 Å². The zero-order valence-electron chi connectivity index (χ0n) is 9.73. The lowest BCUT2D eigenvalue weighted by molar-refractivity contribution is -0.119. The molecular formula is C12H14N2O3. The molecule has 1 atom stereocenters. The van der Waals surface area contributed by atoms with Crippen LogP contribution in [0.4, 0.5) is 10.5 Å². The number of anilines is 1. The fourth-order valence-corrected chi connectivity index (χ4v) is 1.98. The molecule has 2 rings (SSSR count). The van der Waals surface area contributed by atoms with E-state index >= 15 is 0 Å². The van der Waals surface area contributed by atoms with Crippen molar-refractivity contribution in [1.29, 1.82) is 0 Å². The molecule has 0 bridgehead atoms. The summed E-state index contributed by atoms with van der Waals surface area (Å²) >= 11 is 0. The number of hydrogen-bond donors (Lipinski definition) is 2. The van der Waals surface area contributed by atoms with E-state index in [4.69, 9.17) is 0 Å². The lowest BCUT2D eigenvalue weighted by Crippen LogP contribution is -2.34. The van der Waals surface area contributed by atoms with Gasteiger partial charge in [0.25, 0.3) is 5.91 Å². The minimum absolute atomic E-state index is 0.00102. The Hall–Kier alpha value is -2.04. The largest absolute Gasteiger partial charge is 0.506 e. The van der Waals surface area contributed by atoms with Crippen molar-refractivity contribution in [3.8, 4) is 5.75 Å². The fourth-order valence-electron chi connectivity index (χ4n) is 1.98. The van der Waals surface area contributed by atoms with Gasteiger partial charge in [-0.15, -0.1) is 0 Å². The lowest BCUT2D eigenvalue weighted by Gasteiger charge is -2.21. The smallest absolute Gasteiger partial charge is 0.329 e. The van der Waals surface area contributed by atoms with Gasteiger partial charge in [0, 0.05) is 0 Å². The van der Waals surface area contributed by atoms with Gasteiger partial charge in [0.05, 0.1) is 5.69 Å². The van der Waals surface area contributed by atoms with E-state index in [0.29, 0.717) is 12.1 Å². The van der Waals surface area contributed by atoms with Crippen LogP contribution in [0, 0.1) is 6.92 Å². The molecule has 2 N–H and O–H groups in total. The Bertz CT molecular complexity index is 485. The number of carbonyl (C=O) groups is 2. The molecule has 0 radical (unpaired) electrons. The van der Waals surface area contributed by atoms with Gasteiger partial charge >= 0.3 is 6.03 Å². The van der Waals surface area contributed by atoms with Crippen molar-refractivity contribution in [3.63, 3.8) is 0 Å². The van der Waals surface area contributed by atoms with Crippen LogP contribution in [0.3, 0.4) is 0 Å². The molecule has 0 spiro atoms. The number of phenols is 1. The standard InChI is InChI=1S/C12H14N2O3/c1-3-8-11(16)13-12(17)14(8)9-6-7(2)4-5-10(9)15/h4-6,8,15H,3H2,1-2H3,(H,13,16,17). The summed E-state index contributed by atoms with van der Waals surface area (Å²) in [6.45, 7) is 3.68. The molecule has 1 heterocycles. The normalized spacial score (nSPS) is 19.6. The third-order valence-electron chi connectivity index (χ3n) is 2.84. The van der Waals surface area contributed by atoms with Crippen LogP contribution in [-0.4, -0.2) is 23.1 Å². The number of benzene rings is 1. The third kappa shape index (κ3) is 1.84. The van der Waals surface area contributed by atoms with Crippen LogP contribution >= 0.6 is 0 Å². The summed E-state index contributed by atoms with van der Waals surface area (Å²) in [6, 6.07) is 3.93. The van der Waals surface area contributed by atoms with Crippen LogP contribution in [0.15, 0.2) is 18.2 Å². The predicted molar refractivity (Wildman–Crippen MR) is 62.9 cm³/mol. The number of nitrogens with zero attached hydrogens (tertiary/aromatic N) is 1. The quantitative estimate of drug-likeness (QED) is 0.762. The van der Waals surface area contributed by atoms with E-state index in [1.807, 2.05) is 13.8 Å². The molecule has 3 amide bonds. The maximum atomic E-state index is 11.7. The summed E-state index contributed by atoms with van der Waals surface area (Å²) in [7, 11) is 0. The summed E-state index contributed by atoms with van der Waals surface area (Å²) < 4.78 is 0. The number of phenolic OH excluding ortho intramolecular Hbond substituents is 1. The molecule has 0 saturated carbocycles. The van der Waals surface area contributed by atoms with Gasteiger partial charge in [0.15, 0.2) is 0 Å². The first-order valence-electron chi connectivity index (χ1n) is 5.48. The van der Waals surface area contributed by atoms with E-state index in [0.717, 1.165) is 5.56 Å². The number of aryl methyl sites for hydroxylation is 1. The first-order valence-corrected chi connectivity index (χ1v) is 5.48. The van der Waals surface area contributed by atoms with Crippen molar-refractivity contribution in [3.05, 3.63) is 23.8 Å². The zero-order chi connectivity index (χ0) is 12.6. The van der Waals surface area contributed by atoms with Crippen molar-refractivity contribution in [1.82, 2.24) is 5.32 Å². The summed E-state index contributed by atoms with van der Waals surface area (Å²) in [4.78, 5) is 24.6. The fraction of sp³-hybridized carbons (Fsp3) is 0.333. The number of aromatic hydroxyl groups is 1. The molecule has 0 aromatic heterocycles. The van der Waals surface area contributed by atoms with Crippen LogP contribution in [0.2, 0.25) is 0 Å². The van der Waals surface area contributed by atoms with Crippen molar-refractivity contribution in [2.75, 3.05) is 4.90 Å². The number of imide groups is 1. The van der Waals surface area contributed by atoms with E-state index in [2.05, 4.69) is 5.32 Å². The Morgan fingerprint density at radius 1 is 1.41 bits per heavy atom. The molecular weight excluding hydrogens is 220 g/mol. The van der Waals surface area contributed by atoms with Crippen LogP contribution < -0.4 is 10.2 Å². The van der Waals surface area contributed by atoms with E-state index in [1.54, 1.807) is 12.1 Å². The zero-order valence-corrected chi connectivity index (χ0v) is 9.73. The van der Waals surface area contributed by atoms with Gasteiger partial charge < -0.3 is 5.11 Å². The van der Waals surface area contributed by atoms with Crippen molar-refractivity contribution < 1.29 is 14.7 Å². The summed E-state index contributed by atoms with van der Waals surface area (Å²) in [5, 5.41) is 12.0. The maximum absolute atomic E-state index is 11.7. The number of amides is 3. The van der Waals surface area contributed by atoms with Crippen LogP contribution in [0.25, 0.3) is 0 Å². The van der Waals surface area contributed by atoms with Crippen LogP contribution in [-0.2, 0) is 4.79 Å². The second-order valence-electron chi connectivity index (χ2n) is 4.08. The molecule has 0 aliphatic carbocycles. The SMILES string of the molecule is CCC1C(=O)NC(=O)N1c1cc(C)ccc1O. The third-order valence-corrected chi connectivity index (χ3v) is 2.84.